The standard InChI is InChI=1S/C22H28O7/c1-13-10-20-11-21(13,28-12-26-3)8-6-15(20)22(7-5-9-23)16(14(2)18(24)29-22)17(20)19(25)27-4/h9,15-17H,1-2,5-8,10-12H2,3-4H3/t15-,16+,17-,20+,21+,22-/m1/s1. The summed E-state index contributed by atoms with van der Waals surface area (Å²) in [4.78, 5) is 36.8. The molecule has 1 spiro atoms. The average molecular weight is 404 g/mol. The van der Waals surface area contributed by atoms with Gasteiger partial charge in [0.25, 0.3) is 0 Å². The molecule has 0 amide bonds. The summed E-state index contributed by atoms with van der Waals surface area (Å²) in [5.74, 6) is -2.03. The van der Waals surface area contributed by atoms with Crippen LogP contribution >= 0.6 is 0 Å². The fraction of sp³-hybridized carbons (Fsp3) is 0.682. The van der Waals surface area contributed by atoms with Gasteiger partial charge in [-0.3, -0.25) is 4.79 Å². The topological polar surface area (TPSA) is 88.1 Å². The minimum atomic E-state index is -0.911. The fourth-order valence-corrected chi connectivity index (χ4v) is 7.01. The van der Waals surface area contributed by atoms with Gasteiger partial charge in [-0.2, -0.15) is 0 Å². The van der Waals surface area contributed by atoms with Gasteiger partial charge < -0.3 is 23.7 Å². The molecule has 0 aromatic carbocycles. The van der Waals surface area contributed by atoms with Crippen molar-refractivity contribution in [2.75, 3.05) is 21.0 Å². The Morgan fingerprint density at radius 3 is 2.76 bits per heavy atom. The molecule has 0 aromatic rings. The molecule has 3 aliphatic carbocycles. The van der Waals surface area contributed by atoms with Gasteiger partial charge in [-0.25, -0.2) is 4.79 Å². The van der Waals surface area contributed by atoms with Crippen LogP contribution in [0.3, 0.4) is 0 Å². The first kappa shape index (κ1) is 20.3. The van der Waals surface area contributed by atoms with Crippen molar-refractivity contribution in [1.29, 1.82) is 0 Å². The lowest BCUT2D eigenvalue weighted by atomic mass is 9.62. The molecule has 6 atom stereocenters. The number of rotatable bonds is 7. The minimum absolute atomic E-state index is 0.0919. The minimum Gasteiger partial charge on any atom is -0.469 e. The Morgan fingerprint density at radius 1 is 1.34 bits per heavy atom. The summed E-state index contributed by atoms with van der Waals surface area (Å²) in [7, 11) is 2.94. The summed E-state index contributed by atoms with van der Waals surface area (Å²) in [6, 6.07) is 0. The van der Waals surface area contributed by atoms with Crippen molar-refractivity contribution in [2.45, 2.75) is 49.7 Å². The maximum absolute atomic E-state index is 13.1. The highest BCUT2D eigenvalue weighted by molar-refractivity contribution is 5.94. The zero-order valence-corrected chi connectivity index (χ0v) is 17.0. The second kappa shape index (κ2) is 6.77. The van der Waals surface area contributed by atoms with Crippen LogP contribution in [0, 0.1) is 23.2 Å². The molecule has 1 heterocycles. The number of ether oxygens (including phenoxy) is 4. The highest BCUT2D eigenvalue weighted by Crippen LogP contribution is 2.75. The molecule has 1 saturated heterocycles. The summed E-state index contributed by atoms with van der Waals surface area (Å²) < 4.78 is 22.4. The molecule has 0 N–H and O–H groups in total. The van der Waals surface area contributed by atoms with E-state index >= 15 is 0 Å². The fourth-order valence-electron chi connectivity index (χ4n) is 7.01. The van der Waals surface area contributed by atoms with Crippen LogP contribution in [0.15, 0.2) is 24.3 Å². The van der Waals surface area contributed by atoms with E-state index in [0.717, 1.165) is 11.9 Å². The summed E-state index contributed by atoms with van der Waals surface area (Å²) in [6.07, 6.45) is 4.05. The second-order valence-electron chi connectivity index (χ2n) is 8.88. The molecule has 1 aliphatic heterocycles. The van der Waals surface area contributed by atoms with Gasteiger partial charge in [0.2, 0.25) is 0 Å². The molecule has 7 nitrogen and oxygen atoms in total. The molecule has 158 valence electrons. The molecular formula is C22H28O7. The monoisotopic (exact) mass is 404 g/mol. The van der Waals surface area contributed by atoms with E-state index in [2.05, 4.69) is 13.2 Å². The van der Waals surface area contributed by atoms with Crippen LogP contribution in [-0.4, -0.2) is 50.4 Å². The molecule has 7 heteroatoms. The lowest BCUT2D eigenvalue weighted by Crippen LogP contribution is -2.48. The quantitative estimate of drug-likeness (QED) is 0.212. The van der Waals surface area contributed by atoms with E-state index in [0.29, 0.717) is 37.7 Å². The molecule has 0 aromatic heterocycles. The van der Waals surface area contributed by atoms with Gasteiger partial charge >= 0.3 is 11.9 Å². The zero-order valence-electron chi connectivity index (χ0n) is 17.0. The van der Waals surface area contributed by atoms with E-state index < -0.39 is 34.4 Å². The van der Waals surface area contributed by atoms with Crippen molar-refractivity contribution >= 4 is 18.2 Å². The van der Waals surface area contributed by atoms with Crippen LogP contribution in [0.4, 0.5) is 0 Å². The van der Waals surface area contributed by atoms with Gasteiger partial charge in [-0.05, 0) is 43.1 Å². The van der Waals surface area contributed by atoms with Crippen molar-refractivity contribution in [3.8, 4) is 0 Å². The van der Waals surface area contributed by atoms with Gasteiger partial charge in [0, 0.05) is 30.9 Å². The van der Waals surface area contributed by atoms with Crippen molar-refractivity contribution in [3.05, 3.63) is 24.3 Å². The molecule has 4 aliphatic rings. The third-order valence-electron chi connectivity index (χ3n) is 7.88. The van der Waals surface area contributed by atoms with Crippen LogP contribution < -0.4 is 0 Å². The van der Waals surface area contributed by atoms with E-state index in [1.807, 2.05) is 0 Å². The first-order valence-electron chi connectivity index (χ1n) is 10.1. The molecule has 0 radical (unpaired) electrons. The van der Waals surface area contributed by atoms with Gasteiger partial charge in [-0.15, -0.1) is 0 Å². The first-order valence-corrected chi connectivity index (χ1v) is 10.1. The number of fused-ring (bicyclic) bond motifs is 3. The Kier molecular flexibility index (Phi) is 4.74. The van der Waals surface area contributed by atoms with Crippen LogP contribution in [0.25, 0.3) is 0 Å². The van der Waals surface area contributed by atoms with Crippen LogP contribution in [-0.2, 0) is 33.3 Å². The number of carbonyl (C=O) groups is 3. The zero-order chi connectivity index (χ0) is 21.0. The number of esters is 2. The Labute approximate surface area is 170 Å². The van der Waals surface area contributed by atoms with E-state index in [-0.39, 0.29) is 25.1 Å². The number of aldehydes is 1. The van der Waals surface area contributed by atoms with Crippen LogP contribution in [0.5, 0.6) is 0 Å². The summed E-state index contributed by atoms with van der Waals surface area (Å²) in [5.41, 5.74) is -0.738. The number of carbonyl (C=O) groups excluding carboxylic acids is 3. The smallest absolute Gasteiger partial charge is 0.334 e. The number of hydrogen-bond acceptors (Lipinski definition) is 7. The summed E-state index contributed by atoms with van der Waals surface area (Å²) in [5, 5.41) is 0. The Balaban J connectivity index is 1.85. The maximum atomic E-state index is 13.1. The summed E-state index contributed by atoms with van der Waals surface area (Å²) in [6.45, 7) is 8.41. The number of methoxy groups -OCH3 is 2. The Bertz CT molecular complexity index is 788. The molecule has 29 heavy (non-hydrogen) atoms. The highest BCUT2D eigenvalue weighted by Gasteiger charge is 2.79. The third kappa shape index (κ3) is 2.46. The Morgan fingerprint density at radius 2 is 2.10 bits per heavy atom. The first-order chi connectivity index (χ1) is 13.8. The van der Waals surface area contributed by atoms with Crippen molar-refractivity contribution < 1.29 is 33.3 Å². The molecule has 3 saturated carbocycles. The van der Waals surface area contributed by atoms with Gasteiger partial charge in [-0.1, -0.05) is 13.2 Å². The van der Waals surface area contributed by atoms with Gasteiger partial charge in [0.1, 0.15) is 18.7 Å². The van der Waals surface area contributed by atoms with E-state index in [9.17, 15) is 14.4 Å². The third-order valence-corrected chi connectivity index (χ3v) is 7.88. The van der Waals surface area contributed by atoms with Crippen molar-refractivity contribution in [3.63, 3.8) is 0 Å². The van der Waals surface area contributed by atoms with Crippen LogP contribution in [0.1, 0.15) is 38.5 Å². The normalized spacial score (nSPS) is 42.4. The molecule has 4 rings (SSSR count). The molecule has 0 unspecified atom stereocenters. The van der Waals surface area contributed by atoms with E-state index in [1.54, 1.807) is 7.11 Å². The molecule has 2 bridgehead atoms. The predicted molar refractivity (Wildman–Crippen MR) is 101 cm³/mol. The average Bonchev–Trinajstić information content (AvgIpc) is 3.18. The predicted octanol–water partition coefficient (Wildman–Crippen LogP) is 2.34. The van der Waals surface area contributed by atoms with E-state index in [1.165, 1.54) is 7.11 Å². The molecular weight excluding hydrogens is 376 g/mol. The van der Waals surface area contributed by atoms with Crippen molar-refractivity contribution in [1.82, 2.24) is 0 Å². The highest BCUT2D eigenvalue weighted by atomic mass is 16.7. The van der Waals surface area contributed by atoms with E-state index in [4.69, 9.17) is 18.9 Å². The summed E-state index contributed by atoms with van der Waals surface area (Å²) >= 11 is 0. The number of hydrogen-bond donors (Lipinski definition) is 0. The van der Waals surface area contributed by atoms with Crippen LogP contribution in [0.2, 0.25) is 0 Å². The Hall–Kier alpha value is -1.99. The van der Waals surface area contributed by atoms with Gasteiger partial charge in [0.15, 0.2) is 0 Å². The molecule has 4 fully saturated rings. The largest absolute Gasteiger partial charge is 0.469 e. The second-order valence-corrected chi connectivity index (χ2v) is 8.88. The lowest BCUT2D eigenvalue weighted by molar-refractivity contribution is -0.168. The lowest BCUT2D eigenvalue weighted by Gasteiger charge is -2.46. The maximum Gasteiger partial charge on any atom is 0.334 e. The SMILES string of the molecule is C=C1C(=O)O[C@]2(CCC=O)[C@@H]3CC[C@]4(OCOC)C[C@]3(CC4=C)[C@@H](C(=O)OC)[C@H]12. The van der Waals surface area contributed by atoms with Gasteiger partial charge in [0.05, 0.1) is 18.6 Å². The van der Waals surface area contributed by atoms with Crippen molar-refractivity contribution in [2.24, 2.45) is 23.2 Å².